The SMILES string of the molecule is O=C(NC1CCCCC1)c1ccccc1C#CCCO. The van der Waals surface area contributed by atoms with Crippen molar-refractivity contribution in [2.45, 2.75) is 44.6 Å². The highest BCUT2D eigenvalue weighted by Gasteiger charge is 2.17. The molecule has 0 bridgehead atoms. The maximum atomic E-state index is 12.3. The molecule has 0 unspecified atom stereocenters. The number of carbonyl (C=O) groups excluding carboxylic acids is 1. The Kier molecular flexibility index (Phi) is 5.64. The van der Waals surface area contributed by atoms with Gasteiger partial charge in [0, 0.05) is 18.0 Å². The topological polar surface area (TPSA) is 49.3 Å². The van der Waals surface area contributed by atoms with Crippen LogP contribution in [0.25, 0.3) is 0 Å². The van der Waals surface area contributed by atoms with Gasteiger partial charge in [0.1, 0.15) is 0 Å². The third-order valence-electron chi connectivity index (χ3n) is 3.57. The van der Waals surface area contributed by atoms with E-state index in [0.717, 1.165) is 18.4 Å². The molecule has 0 radical (unpaired) electrons. The van der Waals surface area contributed by atoms with Crippen LogP contribution in [0.5, 0.6) is 0 Å². The fourth-order valence-electron chi connectivity index (χ4n) is 2.51. The van der Waals surface area contributed by atoms with Crippen molar-refractivity contribution >= 4 is 5.91 Å². The smallest absolute Gasteiger partial charge is 0.252 e. The minimum Gasteiger partial charge on any atom is -0.395 e. The van der Waals surface area contributed by atoms with E-state index in [1.807, 2.05) is 18.2 Å². The molecule has 1 fully saturated rings. The van der Waals surface area contributed by atoms with Crippen LogP contribution in [0, 0.1) is 11.8 Å². The number of aliphatic hydroxyl groups is 1. The molecular weight excluding hydrogens is 250 g/mol. The normalized spacial score (nSPS) is 15.2. The summed E-state index contributed by atoms with van der Waals surface area (Å²) in [5, 5.41) is 11.9. The number of hydrogen-bond acceptors (Lipinski definition) is 2. The number of amides is 1. The van der Waals surface area contributed by atoms with Crippen molar-refractivity contribution in [3.8, 4) is 11.8 Å². The van der Waals surface area contributed by atoms with Gasteiger partial charge < -0.3 is 10.4 Å². The maximum Gasteiger partial charge on any atom is 0.252 e. The highest BCUT2D eigenvalue weighted by atomic mass is 16.2. The van der Waals surface area contributed by atoms with Crippen LogP contribution in [0.4, 0.5) is 0 Å². The number of aliphatic hydroxyl groups excluding tert-OH is 1. The molecule has 0 heterocycles. The lowest BCUT2D eigenvalue weighted by atomic mass is 9.95. The molecule has 0 spiro atoms. The average molecular weight is 271 g/mol. The minimum atomic E-state index is -0.0363. The molecule has 1 aromatic carbocycles. The molecule has 1 aromatic rings. The second-order valence-electron chi connectivity index (χ2n) is 5.13. The van der Waals surface area contributed by atoms with Gasteiger partial charge in [-0.1, -0.05) is 43.2 Å². The van der Waals surface area contributed by atoms with Crippen molar-refractivity contribution < 1.29 is 9.90 Å². The summed E-state index contributed by atoms with van der Waals surface area (Å²) in [6.07, 6.45) is 6.24. The van der Waals surface area contributed by atoms with Gasteiger partial charge in [0.2, 0.25) is 0 Å². The highest BCUT2D eigenvalue weighted by molar-refractivity contribution is 5.96. The Morgan fingerprint density at radius 1 is 1.25 bits per heavy atom. The lowest BCUT2D eigenvalue weighted by Crippen LogP contribution is -2.36. The van der Waals surface area contributed by atoms with Gasteiger partial charge in [0.15, 0.2) is 0 Å². The first-order valence-electron chi connectivity index (χ1n) is 7.31. The van der Waals surface area contributed by atoms with Crippen LogP contribution in [0.2, 0.25) is 0 Å². The van der Waals surface area contributed by atoms with Crippen molar-refractivity contribution in [1.29, 1.82) is 0 Å². The van der Waals surface area contributed by atoms with Crippen LogP contribution < -0.4 is 5.32 Å². The van der Waals surface area contributed by atoms with Crippen LogP contribution >= 0.6 is 0 Å². The lowest BCUT2D eigenvalue weighted by molar-refractivity contribution is 0.0927. The van der Waals surface area contributed by atoms with Gasteiger partial charge >= 0.3 is 0 Å². The summed E-state index contributed by atoms with van der Waals surface area (Å²) in [6.45, 7) is 0.0451. The molecule has 3 heteroatoms. The van der Waals surface area contributed by atoms with E-state index in [-0.39, 0.29) is 12.5 Å². The maximum absolute atomic E-state index is 12.3. The molecule has 0 saturated heterocycles. The van der Waals surface area contributed by atoms with Gasteiger partial charge in [0.05, 0.1) is 12.2 Å². The van der Waals surface area contributed by atoms with Crippen molar-refractivity contribution in [3.05, 3.63) is 35.4 Å². The van der Waals surface area contributed by atoms with Gasteiger partial charge in [-0.3, -0.25) is 4.79 Å². The summed E-state index contributed by atoms with van der Waals surface area (Å²) in [4.78, 5) is 12.3. The Morgan fingerprint density at radius 3 is 2.75 bits per heavy atom. The van der Waals surface area contributed by atoms with Crippen molar-refractivity contribution in [3.63, 3.8) is 0 Å². The average Bonchev–Trinajstić information content (AvgIpc) is 2.49. The standard InChI is InChI=1S/C17H21NO2/c19-13-7-6-9-14-8-4-5-12-16(14)17(20)18-15-10-2-1-3-11-15/h4-5,8,12,15,19H,1-3,7,10-11,13H2,(H,18,20). The van der Waals surface area contributed by atoms with Gasteiger partial charge in [-0.2, -0.15) is 0 Å². The third kappa shape index (κ3) is 4.11. The second kappa shape index (κ2) is 7.72. The van der Waals surface area contributed by atoms with Gasteiger partial charge in [-0.25, -0.2) is 0 Å². The second-order valence-corrected chi connectivity index (χ2v) is 5.13. The van der Waals surface area contributed by atoms with E-state index in [1.54, 1.807) is 6.07 Å². The van der Waals surface area contributed by atoms with Crippen molar-refractivity contribution in [1.82, 2.24) is 5.32 Å². The molecular formula is C17H21NO2. The predicted molar refractivity (Wildman–Crippen MR) is 79.4 cm³/mol. The molecule has 0 atom stereocenters. The molecule has 2 rings (SSSR count). The number of hydrogen-bond donors (Lipinski definition) is 2. The largest absolute Gasteiger partial charge is 0.395 e. The summed E-state index contributed by atoms with van der Waals surface area (Å²) in [5.41, 5.74) is 1.36. The van der Waals surface area contributed by atoms with E-state index in [0.29, 0.717) is 18.0 Å². The highest BCUT2D eigenvalue weighted by Crippen LogP contribution is 2.18. The van der Waals surface area contributed by atoms with E-state index >= 15 is 0 Å². The van der Waals surface area contributed by atoms with Gasteiger partial charge in [-0.15, -0.1) is 0 Å². The molecule has 3 nitrogen and oxygen atoms in total. The monoisotopic (exact) mass is 271 g/mol. The predicted octanol–water partition coefficient (Wildman–Crippen LogP) is 2.48. The Labute approximate surface area is 120 Å². The van der Waals surface area contributed by atoms with E-state index in [4.69, 9.17) is 5.11 Å². The molecule has 1 aliphatic carbocycles. The van der Waals surface area contributed by atoms with Crippen LogP contribution in [0.1, 0.15) is 54.4 Å². The van der Waals surface area contributed by atoms with Crippen LogP contribution in [0.15, 0.2) is 24.3 Å². The Hall–Kier alpha value is -1.79. The third-order valence-corrected chi connectivity index (χ3v) is 3.57. The summed E-state index contributed by atoms with van der Waals surface area (Å²) in [6, 6.07) is 7.68. The van der Waals surface area contributed by atoms with Crippen molar-refractivity contribution in [2.24, 2.45) is 0 Å². The van der Waals surface area contributed by atoms with Gasteiger partial charge in [-0.05, 0) is 25.0 Å². The zero-order chi connectivity index (χ0) is 14.2. The van der Waals surface area contributed by atoms with E-state index in [1.165, 1.54) is 19.3 Å². The first-order chi connectivity index (χ1) is 9.81. The van der Waals surface area contributed by atoms with E-state index < -0.39 is 0 Å². The van der Waals surface area contributed by atoms with E-state index in [9.17, 15) is 4.79 Å². The number of carbonyl (C=O) groups is 1. The van der Waals surface area contributed by atoms with Crippen LogP contribution in [0.3, 0.4) is 0 Å². The number of nitrogens with one attached hydrogen (secondary N) is 1. The first-order valence-corrected chi connectivity index (χ1v) is 7.31. The quantitative estimate of drug-likeness (QED) is 0.830. The zero-order valence-electron chi connectivity index (χ0n) is 11.7. The molecule has 1 amide bonds. The van der Waals surface area contributed by atoms with Crippen LogP contribution in [-0.2, 0) is 0 Å². The lowest BCUT2D eigenvalue weighted by Gasteiger charge is -2.23. The van der Waals surface area contributed by atoms with Crippen molar-refractivity contribution in [2.75, 3.05) is 6.61 Å². The summed E-state index contributed by atoms with van der Waals surface area (Å²) < 4.78 is 0. The number of benzene rings is 1. The fraction of sp³-hybridized carbons (Fsp3) is 0.471. The summed E-state index contributed by atoms with van der Waals surface area (Å²) >= 11 is 0. The molecule has 20 heavy (non-hydrogen) atoms. The molecule has 1 saturated carbocycles. The Bertz CT molecular complexity index is 507. The zero-order valence-corrected chi connectivity index (χ0v) is 11.7. The van der Waals surface area contributed by atoms with Crippen LogP contribution in [-0.4, -0.2) is 23.7 Å². The molecule has 0 aliphatic heterocycles. The minimum absolute atomic E-state index is 0.0363. The molecule has 106 valence electrons. The molecule has 1 aliphatic rings. The number of rotatable bonds is 3. The Balaban J connectivity index is 2.07. The molecule has 0 aromatic heterocycles. The molecule has 2 N–H and O–H groups in total. The summed E-state index contributed by atoms with van der Waals surface area (Å²) in [5.74, 6) is 5.80. The van der Waals surface area contributed by atoms with E-state index in [2.05, 4.69) is 17.2 Å². The van der Waals surface area contributed by atoms with Gasteiger partial charge in [0.25, 0.3) is 5.91 Å². The summed E-state index contributed by atoms with van der Waals surface area (Å²) in [7, 11) is 0. The first kappa shape index (κ1) is 14.6. The Morgan fingerprint density at radius 2 is 2.00 bits per heavy atom. The fourth-order valence-corrected chi connectivity index (χ4v) is 2.51.